The number of methoxy groups -OCH3 is 1. The molecule has 1 heterocycles. The van der Waals surface area contributed by atoms with E-state index >= 15 is 0 Å². The topological polar surface area (TPSA) is 44.1 Å². The molecule has 3 aromatic rings. The van der Waals surface area contributed by atoms with Crippen LogP contribution >= 0.6 is 0 Å². The van der Waals surface area contributed by atoms with Gasteiger partial charge in [-0.3, -0.25) is 9.36 Å². The van der Waals surface area contributed by atoms with Crippen LogP contribution in [0.25, 0.3) is 17.1 Å². The molecule has 0 spiro atoms. The van der Waals surface area contributed by atoms with Crippen molar-refractivity contribution >= 4 is 0 Å². The van der Waals surface area contributed by atoms with E-state index in [9.17, 15) is 4.79 Å². The van der Waals surface area contributed by atoms with Crippen molar-refractivity contribution in [2.75, 3.05) is 7.11 Å². The number of hydrogen-bond donors (Lipinski definition) is 0. The van der Waals surface area contributed by atoms with Crippen LogP contribution in [0.4, 0.5) is 0 Å². The molecule has 128 valence electrons. The first-order valence-electron chi connectivity index (χ1n) is 8.35. The van der Waals surface area contributed by atoms with Crippen molar-refractivity contribution in [3.8, 4) is 22.8 Å². The molecule has 0 aliphatic carbocycles. The van der Waals surface area contributed by atoms with Crippen LogP contribution in [0, 0.1) is 6.92 Å². The second kappa shape index (κ2) is 6.93. The monoisotopic (exact) mass is 334 g/mol. The van der Waals surface area contributed by atoms with Crippen molar-refractivity contribution in [3.63, 3.8) is 0 Å². The zero-order chi connectivity index (χ0) is 18.0. The van der Waals surface area contributed by atoms with Crippen LogP contribution in [0.3, 0.4) is 0 Å². The van der Waals surface area contributed by atoms with Crippen LogP contribution in [0.15, 0.2) is 59.4 Å². The van der Waals surface area contributed by atoms with E-state index in [1.54, 1.807) is 17.7 Å². The van der Waals surface area contributed by atoms with Gasteiger partial charge in [0.15, 0.2) is 5.82 Å². The molecule has 0 atom stereocenters. The predicted molar refractivity (Wildman–Crippen MR) is 101 cm³/mol. The van der Waals surface area contributed by atoms with Gasteiger partial charge >= 0.3 is 0 Å². The largest absolute Gasteiger partial charge is 0.496 e. The minimum absolute atomic E-state index is 0.106. The van der Waals surface area contributed by atoms with Crippen molar-refractivity contribution in [2.24, 2.45) is 0 Å². The van der Waals surface area contributed by atoms with Gasteiger partial charge in [0.2, 0.25) is 0 Å². The molecule has 0 aliphatic heterocycles. The SMILES string of the molecule is COc1ccccc1-c1nc(C)cc(=O)n1-c1ccc(C(C)C)cc1. The lowest BCUT2D eigenvalue weighted by atomic mass is 10.0. The van der Waals surface area contributed by atoms with Crippen LogP contribution in [-0.2, 0) is 0 Å². The Morgan fingerprint density at radius 3 is 2.36 bits per heavy atom. The lowest BCUT2D eigenvalue weighted by molar-refractivity contribution is 0.416. The fourth-order valence-electron chi connectivity index (χ4n) is 2.86. The second-order valence-electron chi connectivity index (χ2n) is 6.34. The van der Waals surface area contributed by atoms with Crippen molar-refractivity contribution in [2.45, 2.75) is 26.7 Å². The van der Waals surface area contributed by atoms with Crippen molar-refractivity contribution in [1.82, 2.24) is 9.55 Å². The third kappa shape index (κ3) is 3.33. The molecule has 0 aliphatic rings. The van der Waals surface area contributed by atoms with Gasteiger partial charge in [0.05, 0.1) is 18.4 Å². The van der Waals surface area contributed by atoms with Crippen molar-refractivity contribution in [3.05, 3.63) is 76.2 Å². The molecule has 0 saturated heterocycles. The quantitative estimate of drug-likeness (QED) is 0.713. The van der Waals surface area contributed by atoms with E-state index in [-0.39, 0.29) is 5.56 Å². The molecule has 0 unspecified atom stereocenters. The summed E-state index contributed by atoms with van der Waals surface area (Å²) >= 11 is 0. The van der Waals surface area contributed by atoms with Crippen LogP contribution in [0.5, 0.6) is 5.75 Å². The summed E-state index contributed by atoms with van der Waals surface area (Å²) in [6, 6.07) is 17.2. The molecular weight excluding hydrogens is 312 g/mol. The number of aryl methyl sites for hydroxylation is 1. The Balaban J connectivity index is 2.25. The van der Waals surface area contributed by atoms with E-state index in [4.69, 9.17) is 4.74 Å². The summed E-state index contributed by atoms with van der Waals surface area (Å²) in [4.78, 5) is 17.4. The average molecular weight is 334 g/mol. The number of para-hydroxylation sites is 1. The maximum atomic E-state index is 12.7. The molecule has 3 rings (SSSR count). The predicted octanol–water partition coefficient (Wildman–Crippen LogP) is 4.34. The van der Waals surface area contributed by atoms with E-state index in [1.165, 1.54) is 5.56 Å². The molecule has 0 radical (unpaired) electrons. The fraction of sp³-hybridized carbons (Fsp3) is 0.238. The lowest BCUT2D eigenvalue weighted by Crippen LogP contribution is -2.21. The number of aromatic nitrogens is 2. The number of hydrogen-bond acceptors (Lipinski definition) is 3. The summed E-state index contributed by atoms with van der Waals surface area (Å²) in [7, 11) is 1.62. The first kappa shape index (κ1) is 17.0. The number of rotatable bonds is 4. The highest BCUT2D eigenvalue weighted by molar-refractivity contribution is 5.66. The van der Waals surface area contributed by atoms with Crippen LogP contribution in [-0.4, -0.2) is 16.7 Å². The van der Waals surface area contributed by atoms with Crippen molar-refractivity contribution < 1.29 is 4.74 Å². The third-order valence-electron chi connectivity index (χ3n) is 4.21. The highest BCUT2D eigenvalue weighted by Gasteiger charge is 2.15. The van der Waals surface area contributed by atoms with Gasteiger partial charge in [0.25, 0.3) is 5.56 Å². The molecule has 1 aromatic heterocycles. The Kier molecular flexibility index (Phi) is 4.70. The average Bonchev–Trinajstić information content (AvgIpc) is 2.61. The Hall–Kier alpha value is -2.88. The van der Waals surface area contributed by atoms with E-state index in [0.717, 1.165) is 11.3 Å². The van der Waals surface area contributed by atoms with Gasteiger partial charge in [-0.1, -0.05) is 38.1 Å². The van der Waals surface area contributed by atoms with Crippen LogP contribution in [0.2, 0.25) is 0 Å². The third-order valence-corrected chi connectivity index (χ3v) is 4.21. The highest BCUT2D eigenvalue weighted by Crippen LogP contribution is 2.29. The van der Waals surface area contributed by atoms with E-state index in [1.807, 2.05) is 43.3 Å². The first-order valence-corrected chi connectivity index (χ1v) is 8.35. The smallest absolute Gasteiger partial charge is 0.258 e. The maximum absolute atomic E-state index is 12.7. The summed E-state index contributed by atoms with van der Waals surface area (Å²) in [6.45, 7) is 6.12. The van der Waals surface area contributed by atoms with Gasteiger partial charge in [-0.05, 0) is 42.7 Å². The minimum Gasteiger partial charge on any atom is -0.496 e. The molecule has 2 aromatic carbocycles. The molecule has 25 heavy (non-hydrogen) atoms. The standard InChI is InChI=1S/C21H22N2O2/c1-14(2)16-9-11-17(12-10-16)23-20(24)13-15(3)22-21(23)18-7-5-6-8-19(18)25-4/h5-14H,1-4H3. The maximum Gasteiger partial charge on any atom is 0.258 e. The van der Waals surface area contributed by atoms with E-state index < -0.39 is 0 Å². The Labute approximate surface area is 147 Å². The zero-order valence-electron chi connectivity index (χ0n) is 15.0. The van der Waals surface area contributed by atoms with Gasteiger partial charge < -0.3 is 4.74 Å². The number of nitrogens with zero attached hydrogens (tertiary/aromatic N) is 2. The second-order valence-corrected chi connectivity index (χ2v) is 6.34. The summed E-state index contributed by atoms with van der Waals surface area (Å²) < 4.78 is 7.10. The molecule has 0 fully saturated rings. The minimum atomic E-state index is -0.106. The molecule has 0 N–H and O–H groups in total. The lowest BCUT2D eigenvalue weighted by Gasteiger charge is -2.16. The van der Waals surface area contributed by atoms with Crippen LogP contribution < -0.4 is 10.3 Å². The molecular formula is C21H22N2O2. The molecule has 4 nitrogen and oxygen atoms in total. The first-order chi connectivity index (χ1) is 12.0. The van der Waals surface area contributed by atoms with E-state index in [2.05, 4.69) is 31.0 Å². The Bertz CT molecular complexity index is 941. The van der Waals surface area contributed by atoms with Gasteiger partial charge in [0, 0.05) is 11.8 Å². The summed E-state index contributed by atoms with van der Waals surface area (Å²) in [5.41, 5.74) is 3.39. The normalized spacial score (nSPS) is 10.9. The van der Waals surface area contributed by atoms with Gasteiger partial charge in [-0.25, -0.2) is 4.98 Å². The molecule has 0 amide bonds. The molecule has 0 bridgehead atoms. The van der Waals surface area contributed by atoms with Gasteiger partial charge in [-0.2, -0.15) is 0 Å². The number of ether oxygens (including phenoxy) is 1. The van der Waals surface area contributed by atoms with Crippen LogP contribution in [0.1, 0.15) is 31.0 Å². The summed E-state index contributed by atoms with van der Waals surface area (Å²) in [6.07, 6.45) is 0. The molecule has 0 saturated carbocycles. The van der Waals surface area contributed by atoms with Gasteiger partial charge in [0.1, 0.15) is 5.75 Å². The Morgan fingerprint density at radius 2 is 1.72 bits per heavy atom. The highest BCUT2D eigenvalue weighted by atomic mass is 16.5. The fourth-order valence-corrected chi connectivity index (χ4v) is 2.86. The van der Waals surface area contributed by atoms with Crippen molar-refractivity contribution in [1.29, 1.82) is 0 Å². The van der Waals surface area contributed by atoms with Gasteiger partial charge in [-0.15, -0.1) is 0 Å². The molecule has 4 heteroatoms. The Morgan fingerprint density at radius 1 is 1.04 bits per heavy atom. The number of benzene rings is 2. The summed E-state index contributed by atoms with van der Waals surface area (Å²) in [5, 5.41) is 0. The summed E-state index contributed by atoms with van der Waals surface area (Å²) in [5.74, 6) is 1.71. The zero-order valence-corrected chi connectivity index (χ0v) is 15.0. The van der Waals surface area contributed by atoms with E-state index in [0.29, 0.717) is 23.2 Å².